The van der Waals surface area contributed by atoms with Gasteiger partial charge in [0, 0.05) is 23.6 Å². The molecule has 0 saturated heterocycles. The van der Waals surface area contributed by atoms with Gasteiger partial charge < -0.3 is 19.8 Å². The summed E-state index contributed by atoms with van der Waals surface area (Å²) in [6.07, 6.45) is 0.541. The molecular weight excluding hydrogens is 344 g/mol. The molecule has 27 heavy (non-hydrogen) atoms. The number of aromatic amines is 1. The highest BCUT2D eigenvalue weighted by atomic mass is 16.5. The highest BCUT2D eigenvalue weighted by Gasteiger charge is 2.11. The molecule has 0 radical (unpaired) electrons. The second-order valence-corrected chi connectivity index (χ2v) is 6.33. The fourth-order valence-electron chi connectivity index (χ4n) is 2.91. The Morgan fingerprint density at radius 3 is 2.63 bits per heavy atom. The molecule has 1 aromatic heterocycles. The zero-order valence-corrected chi connectivity index (χ0v) is 15.6. The predicted octanol–water partition coefficient (Wildman–Crippen LogP) is 3.43. The first-order valence-corrected chi connectivity index (χ1v) is 8.64. The minimum Gasteiger partial charge on any atom is -0.497 e. The fourth-order valence-corrected chi connectivity index (χ4v) is 2.91. The maximum atomic E-state index is 12.3. The molecule has 0 aliphatic heterocycles. The summed E-state index contributed by atoms with van der Waals surface area (Å²) in [6, 6.07) is 12.9. The van der Waals surface area contributed by atoms with Crippen LogP contribution in [0.15, 0.2) is 47.3 Å². The van der Waals surface area contributed by atoms with Crippen LogP contribution in [-0.4, -0.2) is 25.1 Å². The Morgan fingerprint density at radius 1 is 1.07 bits per heavy atom. The van der Waals surface area contributed by atoms with Crippen molar-refractivity contribution in [2.45, 2.75) is 19.8 Å². The molecule has 0 unspecified atom stereocenters. The third-order valence-corrected chi connectivity index (χ3v) is 4.38. The summed E-state index contributed by atoms with van der Waals surface area (Å²) < 4.78 is 10.4. The number of nitrogens with one attached hydrogen (secondary N) is 2. The second-order valence-electron chi connectivity index (χ2n) is 6.33. The minimum absolute atomic E-state index is 0.164. The smallest absolute Gasteiger partial charge is 0.251 e. The first-order chi connectivity index (χ1) is 13.0. The second kappa shape index (κ2) is 7.95. The monoisotopic (exact) mass is 366 g/mol. The summed E-state index contributed by atoms with van der Waals surface area (Å²) in [5.41, 5.74) is 2.87. The molecular formula is C21H22N2O4. The zero-order chi connectivity index (χ0) is 19.4. The van der Waals surface area contributed by atoms with E-state index in [2.05, 4.69) is 10.3 Å². The minimum atomic E-state index is -0.193. The number of methoxy groups -OCH3 is 2. The maximum absolute atomic E-state index is 12.3. The number of ether oxygens (including phenoxy) is 2. The fraction of sp³-hybridized carbons (Fsp3) is 0.238. The molecule has 0 saturated carbocycles. The third-order valence-electron chi connectivity index (χ3n) is 4.38. The van der Waals surface area contributed by atoms with Crippen LogP contribution in [0.3, 0.4) is 0 Å². The number of carbonyl (C=O) groups is 1. The molecule has 6 heteroatoms. The van der Waals surface area contributed by atoms with E-state index < -0.39 is 0 Å². The third kappa shape index (κ3) is 4.28. The van der Waals surface area contributed by atoms with Crippen LogP contribution in [0.5, 0.6) is 11.5 Å². The molecule has 0 spiro atoms. The van der Waals surface area contributed by atoms with E-state index in [-0.39, 0.29) is 17.9 Å². The zero-order valence-electron chi connectivity index (χ0n) is 15.6. The normalized spacial score (nSPS) is 10.6. The SMILES string of the molecule is COc1ccc(NC(=O)CCc2cc3ccc(C)cc3[nH]c2=O)c(OC)c1. The van der Waals surface area contributed by atoms with Gasteiger partial charge in [-0.2, -0.15) is 0 Å². The summed E-state index contributed by atoms with van der Waals surface area (Å²) in [6.45, 7) is 1.98. The number of anilines is 1. The highest BCUT2D eigenvalue weighted by Crippen LogP contribution is 2.29. The number of rotatable bonds is 6. The number of pyridine rings is 1. The van der Waals surface area contributed by atoms with Crippen molar-refractivity contribution in [1.29, 1.82) is 0 Å². The molecule has 0 aliphatic carbocycles. The van der Waals surface area contributed by atoms with Crippen molar-refractivity contribution in [1.82, 2.24) is 4.98 Å². The molecule has 6 nitrogen and oxygen atoms in total. The molecule has 0 aliphatic rings. The van der Waals surface area contributed by atoms with Crippen LogP contribution >= 0.6 is 0 Å². The Balaban J connectivity index is 1.71. The van der Waals surface area contributed by atoms with Gasteiger partial charge in [-0.15, -0.1) is 0 Å². The number of hydrogen-bond acceptors (Lipinski definition) is 4. The van der Waals surface area contributed by atoms with Gasteiger partial charge in [-0.1, -0.05) is 12.1 Å². The lowest BCUT2D eigenvalue weighted by atomic mass is 10.1. The number of carbonyl (C=O) groups excluding carboxylic acids is 1. The first-order valence-electron chi connectivity index (χ1n) is 8.64. The van der Waals surface area contributed by atoms with Crippen molar-refractivity contribution in [3.05, 3.63) is 63.9 Å². The average Bonchev–Trinajstić information content (AvgIpc) is 2.66. The standard InChI is InChI=1S/C21H22N2O4/c1-13-4-5-14-11-15(21(25)23-18(14)10-13)6-9-20(24)22-17-8-7-16(26-2)12-19(17)27-3/h4-5,7-8,10-12H,6,9H2,1-3H3,(H,22,24)(H,23,25). The van der Waals surface area contributed by atoms with Crippen LogP contribution in [0.25, 0.3) is 10.9 Å². The lowest BCUT2D eigenvalue weighted by Crippen LogP contribution is -2.17. The Morgan fingerprint density at radius 2 is 1.89 bits per heavy atom. The van der Waals surface area contributed by atoms with E-state index in [1.54, 1.807) is 25.3 Å². The predicted molar refractivity (Wildman–Crippen MR) is 106 cm³/mol. The van der Waals surface area contributed by atoms with Crippen LogP contribution in [0.2, 0.25) is 0 Å². The van der Waals surface area contributed by atoms with E-state index in [1.165, 1.54) is 7.11 Å². The molecule has 2 aromatic carbocycles. The number of hydrogen-bond donors (Lipinski definition) is 2. The van der Waals surface area contributed by atoms with Crippen molar-refractivity contribution < 1.29 is 14.3 Å². The van der Waals surface area contributed by atoms with Gasteiger partial charge in [0.2, 0.25) is 5.91 Å². The average molecular weight is 366 g/mol. The van der Waals surface area contributed by atoms with Crippen LogP contribution in [0.4, 0.5) is 5.69 Å². The maximum Gasteiger partial charge on any atom is 0.251 e. The van der Waals surface area contributed by atoms with Gasteiger partial charge in [-0.05, 0) is 48.6 Å². The Hall–Kier alpha value is -3.28. The lowest BCUT2D eigenvalue weighted by Gasteiger charge is -2.11. The molecule has 2 N–H and O–H groups in total. The van der Waals surface area contributed by atoms with E-state index in [1.807, 2.05) is 31.2 Å². The van der Waals surface area contributed by atoms with Crippen molar-refractivity contribution in [2.24, 2.45) is 0 Å². The van der Waals surface area contributed by atoms with E-state index in [0.717, 1.165) is 16.5 Å². The number of H-pyrrole nitrogens is 1. The molecule has 1 heterocycles. The van der Waals surface area contributed by atoms with Gasteiger partial charge in [-0.25, -0.2) is 0 Å². The summed E-state index contributed by atoms with van der Waals surface area (Å²) in [5, 5.41) is 3.77. The van der Waals surface area contributed by atoms with Gasteiger partial charge >= 0.3 is 0 Å². The number of amides is 1. The van der Waals surface area contributed by atoms with Crippen molar-refractivity contribution in [2.75, 3.05) is 19.5 Å². The topological polar surface area (TPSA) is 80.4 Å². The Bertz CT molecular complexity index is 1040. The first kappa shape index (κ1) is 18.5. The van der Waals surface area contributed by atoms with E-state index in [9.17, 15) is 9.59 Å². The molecule has 0 fully saturated rings. The Labute approximate surface area is 157 Å². The number of benzene rings is 2. The summed E-state index contributed by atoms with van der Waals surface area (Å²) >= 11 is 0. The number of aryl methyl sites for hydroxylation is 2. The van der Waals surface area contributed by atoms with Crippen LogP contribution in [0, 0.1) is 6.92 Å². The van der Waals surface area contributed by atoms with Crippen LogP contribution < -0.4 is 20.3 Å². The molecule has 3 rings (SSSR count). The molecule has 0 atom stereocenters. The molecule has 140 valence electrons. The van der Waals surface area contributed by atoms with Gasteiger partial charge in [0.25, 0.3) is 5.56 Å². The Kier molecular flexibility index (Phi) is 5.45. The van der Waals surface area contributed by atoms with E-state index >= 15 is 0 Å². The van der Waals surface area contributed by atoms with Crippen molar-refractivity contribution >= 4 is 22.5 Å². The van der Waals surface area contributed by atoms with Crippen molar-refractivity contribution in [3.8, 4) is 11.5 Å². The van der Waals surface area contributed by atoms with E-state index in [4.69, 9.17) is 9.47 Å². The summed E-state index contributed by atoms with van der Waals surface area (Å²) in [4.78, 5) is 27.5. The lowest BCUT2D eigenvalue weighted by molar-refractivity contribution is -0.116. The van der Waals surface area contributed by atoms with Crippen molar-refractivity contribution in [3.63, 3.8) is 0 Å². The molecule has 0 bridgehead atoms. The quantitative estimate of drug-likeness (QED) is 0.700. The largest absolute Gasteiger partial charge is 0.497 e. The van der Waals surface area contributed by atoms with Crippen LogP contribution in [-0.2, 0) is 11.2 Å². The number of aromatic nitrogens is 1. The highest BCUT2D eigenvalue weighted by molar-refractivity contribution is 5.92. The van der Waals surface area contributed by atoms with Crippen LogP contribution in [0.1, 0.15) is 17.5 Å². The van der Waals surface area contributed by atoms with Gasteiger partial charge in [0.05, 0.1) is 19.9 Å². The molecule has 1 amide bonds. The molecule has 3 aromatic rings. The summed E-state index contributed by atoms with van der Waals surface area (Å²) in [7, 11) is 3.09. The van der Waals surface area contributed by atoms with Gasteiger partial charge in [0.1, 0.15) is 11.5 Å². The van der Waals surface area contributed by atoms with Gasteiger partial charge in [0.15, 0.2) is 0 Å². The van der Waals surface area contributed by atoms with E-state index in [0.29, 0.717) is 29.2 Å². The summed E-state index contributed by atoms with van der Waals surface area (Å²) in [5.74, 6) is 0.964. The van der Waals surface area contributed by atoms with Gasteiger partial charge in [-0.3, -0.25) is 9.59 Å². The number of fused-ring (bicyclic) bond motifs is 1.